The Morgan fingerprint density at radius 3 is 2.82 bits per heavy atom. The molecule has 0 N–H and O–H groups in total. The van der Waals surface area contributed by atoms with Gasteiger partial charge >= 0.3 is 0 Å². The van der Waals surface area contributed by atoms with Crippen molar-refractivity contribution in [3.8, 4) is 0 Å². The Hall–Kier alpha value is -0.800. The van der Waals surface area contributed by atoms with Crippen LogP contribution >= 0.6 is 11.8 Å². The van der Waals surface area contributed by atoms with E-state index in [9.17, 15) is 4.79 Å². The van der Waals surface area contributed by atoms with Crippen LogP contribution in [0, 0.1) is 0 Å². The van der Waals surface area contributed by atoms with Gasteiger partial charge in [-0.3, -0.25) is 4.79 Å². The van der Waals surface area contributed by atoms with Gasteiger partial charge in [0.1, 0.15) is 5.78 Å². The fraction of sp³-hybridized carbons (Fsp3) is 0.500. The molecule has 1 aliphatic heterocycles. The summed E-state index contributed by atoms with van der Waals surface area (Å²) in [6.07, 6.45) is 2.28. The van der Waals surface area contributed by atoms with Gasteiger partial charge in [0.2, 0.25) is 0 Å². The highest BCUT2D eigenvalue weighted by Gasteiger charge is 2.27. The topological polar surface area (TPSA) is 26.3 Å². The van der Waals surface area contributed by atoms with Crippen LogP contribution in [0.5, 0.6) is 0 Å². The molecule has 0 aromatic heterocycles. The molecule has 1 saturated heterocycles. The molecule has 3 heteroatoms. The van der Waals surface area contributed by atoms with Crippen LogP contribution in [0.4, 0.5) is 0 Å². The van der Waals surface area contributed by atoms with Gasteiger partial charge in [0, 0.05) is 23.0 Å². The first kappa shape index (κ1) is 12.7. The van der Waals surface area contributed by atoms with Crippen LogP contribution in [0.15, 0.2) is 35.2 Å². The highest BCUT2D eigenvalue weighted by Crippen LogP contribution is 2.31. The summed E-state index contributed by atoms with van der Waals surface area (Å²) in [5.74, 6) is 0.341. The highest BCUT2D eigenvalue weighted by atomic mass is 32.2. The number of hydrogen-bond acceptors (Lipinski definition) is 3. The van der Waals surface area contributed by atoms with Gasteiger partial charge in [-0.15, -0.1) is 11.8 Å². The fourth-order valence-corrected chi connectivity index (χ4v) is 3.20. The molecule has 2 atom stereocenters. The molecule has 0 radical (unpaired) electrons. The summed E-state index contributed by atoms with van der Waals surface area (Å²) in [7, 11) is 0. The molecule has 1 fully saturated rings. The smallest absolute Gasteiger partial charge is 0.137 e. The van der Waals surface area contributed by atoms with Crippen molar-refractivity contribution in [2.75, 3.05) is 6.61 Å². The highest BCUT2D eigenvalue weighted by molar-refractivity contribution is 8.00. The van der Waals surface area contributed by atoms with Crippen molar-refractivity contribution < 1.29 is 9.53 Å². The molecular formula is C14H18O2S. The van der Waals surface area contributed by atoms with Crippen LogP contribution in [-0.4, -0.2) is 23.7 Å². The molecule has 0 spiro atoms. The first-order valence-electron chi connectivity index (χ1n) is 6.14. The van der Waals surface area contributed by atoms with E-state index in [0.717, 1.165) is 6.42 Å². The van der Waals surface area contributed by atoms with E-state index < -0.39 is 0 Å². The van der Waals surface area contributed by atoms with Crippen molar-refractivity contribution in [1.82, 2.24) is 0 Å². The van der Waals surface area contributed by atoms with Crippen LogP contribution in [0.1, 0.15) is 26.2 Å². The van der Waals surface area contributed by atoms with Crippen LogP contribution in [0.3, 0.4) is 0 Å². The Kier molecular flexibility index (Phi) is 4.63. The zero-order valence-electron chi connectivity index (χ0n) is 10.1. The predicted octanol–water partition coefficient (Wildman–Crippen LogP) is 3.31. The molecule has 1 heterocycles. The Morgan fingerprint density at radius 1 is 1.41 bits per heavy atom. The lowest BCUT2D eigenvalue weighted by Crippen LogP contribution is -2.33. The van der Waals surface area contributed by atoms with E-state index in [1.807, 2.05) is 30.0 Å². The maximum atomic E-state index is 11.5. The van der Waals surface area contributed by atoms with Crippen LogP contribution in [-0.2, 0) is 9.53 Å². The van der Waals surface area contributed by atoms with Crippen molar-refractivity contribution in [1.29, 1.82) is 0 Å². The largest absolute Gasteiger partial charge is 0.376 e. The van der Waals surface area contributed by atoms with Gasteiger partial charge in [0.15, 0.2) is 0 Å². The minimum absolute atomic E-state index is 0.0893. The number of thioether (sulfide) groups is 1. The Balaban J connectivity index is 1.98. The zero-order chi connectivity index (χ0) is 12.1. The molecule has 2 rings (SSSR count). The van der Waals surface area contributed by atoms with Gasteiger partial charge in [0.05, 0.1) is 12.7 Å². The monoisotopic (exact) mass is 250 g/mol. The third-order valence-corrected chi connectivity index (χ3v) is 4.47. The van der Waals surface area contributed by atoms with Gasteiger partial charge in [-0.2, -0.15) is 0 Å². The quantitative estimate of drug-likeness (QED) is 0.767. The maximum absolute atomic E-state index is 11.5. The fourth-order valence-electron chi connectivity index (χ4n) is 2.04. The third-order valence-electron chi connectivity index (χ3n) is 2.99. The molecule has 92 valence electrons. The minimum Gasteiger partial charge on any atom is -0.376 e. The summed E-state index contributed by atoms with van der Waals surface area (Å²) in [6.45, 7) is 2.75. The van der Waals surface area contributed by atoms with E-state index in [1.165, 1.54) is 4.90 Å². The molecule has 17 heavy (non-hydrogen) atoms. The Labute approximate surface area is 107 Å². The predicted molar refractivity (Wildman–Crippen MR) is 70.4 cm³/mol. The van der Waals surface area contributed by atoms with E-state index in [0.29, 0.717) is 30.5 Å². The van der Waals surface area contributed by atoms with Crippen molar-refractivity contribution >= 4 is 17.5 Å². The van der Waals surface area contributed by atoms with E-state index in [-0.39, 0.29) is 6.10 Å². The number of ketones is 1. The second-order valence-corrected chi connectivity index (χ2v) is 5.59. The molecular weight excluding hydrogens is 232 g/mol. The SMILES string of the molecule is CC[C@@H](Sc1ccccc1)[C@H]1CC(=O)CCO1. The number of hydrogen-bond donors (Lipinski definition) is 0. The number of benzene rings is 1. The molecule has 1 aromatic carbocycles. The summed E-state index contributed by atoms with van der Waals surface area (Å²) in [6, 6.07) is 10.3. The molecule has 2 nitrogen and oxygen atoms in total. The molecule has 1 aliphatic rings. The summed E-state index contributed by atoms with van der Waals surface area (Å²) in [4.78, 5) is 12.7. The first-order valence-corrected chi connectivity index (χ1v) is 7.02. The van der Waals surface area contributed by atoms with Gasteiger partial charge in [-0.05, 0) is 18.6 Å². The normalized spacial score (nSPS) is 22.4. The second kappa shape index (κ2) is 6.22. The third kappa shape index (κ3) is 3.58. The average molecular weight is 250 g/mol. The lowest BCUT2D eigenvalue weighted by Gasteiger charge is -2.28. The Morgan fingerprint density at radius 2 is 2.18 bits per heavy atom. The van der Waals surface area contributed by atoms with E-state index >= 15 is 0 Å². The standard InChI is InChI=1S/C14H18O2S/c1-2-14(13-10-11(15)8-9-16-13)17-12-6-4-3-5-7-12/h3-7,13-14H,2,8-10H2,1H3/t13-,14-/m1/s1. The van der Waals surface area contributed by atoms with Gasteiger partial charge in [-0.25, -0.2) is 0 Å². The van der Waals surface area contributed by atoms with E-state index in [2.05, 4.69) is 19.1 Å². The van der Waals surface area contributed by atoms with E-state index in [1.54, 1.807) is 0 Å². The maximum Gasteiger partial charge on any atom is 0.137 e. The second-order valence-electron chi connectivity index (χ2n) is 4.28. The van der Waals surface area contributed by atoms with E-state index in [4.69, 9.17) is 4.74 Å². The number of Topliss-reactive ketones (excluding diaryl/α,β-unsaturated/α-hetero) is 1. The molecule has 0 aliphatic carbocycles. The summed E-state index contributed by atoms with van der Waals surface area (Å²) in [5, 5.41) is 0.377. The summed E-state index contributed by atoms with van der Waals surface area (Å²) >= 11 is 1.82. The summed E-state index contributed by atoms with van der Waals surface area (Å²) in [5.41, 5.74) is 0. The van der Waals surface area contributed by atoms with Gasteiger partial charge < -0.3 is 4.74 Å². The lowest BCUT2D eigenvalue weighted by molar-refractivity contribution is -0.128. The number of carbonyl (C=O) groups excluding carboxylic acids is 1. The van der Waals surface area contributed by atoms with Crippen LogP contribution in [0.25, 0.3) is 0 Å². The number of rotatable bonds is 4. The lowest BCUT2D eigenvalue weighted by atomic mass is 10.0. The van der Waals surface area contributed by atoms with Crippen molar-refractivity contribution in [2.45, 2.75) is 42.4 Å². The average Bonchev–Trinajstić information content (AvgIpc) is 2.37. The first-order chi connectivity index (χ1) is 8.29. The van der Waals surface area contributed by atoms with Crippen molar-refractivity contribution in [3.05, 3.63) is 30.3 Å². The van der Waals surface area contributed by atoms with Crippen LogP contribution < -0.4 is 0 Å². The molecule has 0 bridgehead atoms. The molecule has 0 saturated carbocycles. The molecule has 1 aromatic rings. The minimum atomic E-state index is 0.0893. The van der Waals surface area contributed by atoms with Crippen molar-refractivity contribution in [2.24, 2.45) is 0 Å². The van der Waals surface area contributed by atoms with Crippen molar-refractivity contribution in [3.63, 3.8) is 0 Å². The van der Waals surface area contributed by atoms with Gasteiger partial charge in [0.25, 0.3) is 0 Å². The zero-order valence-corrected chi connectivity index (χ0v) is 10.9. The number of carbonyl (C=O) groups is 1. The van der Waals surface area contributed by atoms with Crippen LogP contribution in [0.2, 0.25) is 0 Å². The Bertz CT molecular complexity index is 364. The molecule has 0 unspecified atom stereocenters. The number of ether oxygens (including phenoxy) is 1. The summed E-state index contributed by atoms with van der Waals surface area (Å²) < 4.78 is 5.73. The molecule has 0 amide bonds. The van der Waals surface area contributed by atoms with Gasteiger partial charge in [-0.1, -0.05) is 25.1 Å².